The van der Waals surface area contributed by atoms with E-state index in [0.717, 1.165) is 34.7 Å². The van der Waals surface area contributed by atoms with Gasteiger partial charge < -0.3 is 0 Å². The van der Waals surface area contributed by atoms with E-state index in [-0.39, 0.29) is 24.9 Å². The molecule has 7 nitrogen and oxygen atoms in total. The number of thioether (sulfide) groups is 2. The molecule has 1 N–H and O–H groups in total. The summed E-state index contributed by atoms with van der Waals surface area (Å²) in [6, 6.07) is 18.9. The van der Waals surface area contributed by atoms with Gasteiger partial charge in [-0.15, -0.1) is 11.7 Å². The average Bonchev–Trinajstić information content (AvgIpc) is 3.29. The SMILES string of the molecule is C=CCN1C(=O)/C(=C\c2ccccc2)S/C1=N/NC(=O)CN1C(=O)/C(=C/c2ccccc2)SC1=S. The van der Waals surface area contributed by atoms with E-state index in [9.17, 15) is 14.4 Å². The number of benzene rings is 2. The first kappa shape index (κ1) is 24.6. The molecule has 0 bridgehead atoms. The first-order chi connectivity index (χ1) is 17.0. The summed E-state index contributed by atoms with van der Waals surface area (Å²) in [4.78, 5) is 41.8. The zero-order valence-corrected chi connectivity index (χ0v) is 20.9. The van der Waals surface area contributed by atoms with Crippen molar-refractivity contribution in [3.8, 4) is 0 Å². The van der Waals surface area contributed by atoms with Crippen LogP contribution in [0.25, 0.3) is 12.2 Å². The second kappa shape index (κ2) is 11.3. The first-order valence-corrected chi connectivity index (χ1v) is 12.5. The number of carbonyl (C=O) groups excluding carboxylic acids is 3. The monoisotopic (exact) mass is 520 g/mol. The van der Waals surface area contributed by atoms with Crippen LogP contribution in [-0.2, 0) is 14.4 Å². The Morgan fingerprint density at radius 2 is 1.46 bits per heavy atom. The van der Waals surface area contributed by atoms with E-state index in [1.54, 1.807) is 18.2 Å². The summed E-state index contributed by atoms with van der Waals surface area (Å²) in [7, 11) is 0. The quantitative estimate of drug-likeness (QED) is 0.257. The predicted molar refractivity (Wildman–Crippen MR) is 146 cm³/mol. The van der Waals surface area contributed by atoms with Gasteiger partial charge in [0.15, 0.2) is 5.17 Å². The lowest BCUT2D eigenvalue weighted by molar-refractivity contribution is -0.128. The van der Waals surface area contributed by atoms with Gasteiger partial charge in [-0.3, -0.25) is 24.2 Å². The highest BCUT2D eigenvalue weighted by molar-refractivity contribution is 8.26. The number of hydrazone groups is 1. The second-order valence-corrected chi connectivity index (χ2v) is 10.0. The fourth-order valence-electron chi connectivity index (χ4n) is 3.21. The summed E-state index contributed by atoms with van der Waals surface area (Å²) in [5.41, 5.74) is 4.19. The Labute approximate surface area is 216 Å². The van der Waals surface area contributed by atoms with Gasteiger partial charge in [0.25, 0.3) is 17.7 Å². The van der Waals surface area contributed by atoms with Crippen molar-refractivity contribution in [1.82, 2.24) is 15.2 Å². The zero-order chi connectivity index (χ0) is 24.8. The van der Waals surface area contributed by atoms with Crippen molar-refractivity contribution in [2.45, 2.75) is 0 Å². The largest absolute Gasteiger partial charge is 0.283 e. The molecule has 2 aliphatic heterocycles. The summed E-state index contributed by atoms with van der Waals surface area (Å²) >= 11 is 7.61. The van der Waals surface area contributed by atoms with Gasteiger partial charge in [0, 0.05) is 6.54 Å². The lowest BCUT2D eigenvalue weighted by Crippen LogP contribution is -2.39. The lowest BCUT2D eigenvalue weighted by Gasteiger charge is -2.14. The molecule has 2 heterocycles. The van der Waals surface area contributed by atoms with E-state index >= 15 is 0 Å². The van der Waals surface area contributed by atoms with Gasteiger partial charge in [0.05, 0.1) is 9.81 Å². The number of hydrogen-bond acceptors (Lipinski definition) is 7. The Balaban J connectivity index is 1.43. The van der Waals surface area contributed by atoms with Crippen LogP contribution in [-0.4, -0.2) is 50.1 Å². The number of amides is 3. The average molecular weight is 521 g/mol. The van der Waals surface area contributed by atoms with Gasteiger partial charge in [-0.1, -0.05) is 90.7 Å². The summed E-state index contributed by atoms with van der Waals surface area (Å²) < 4.78 is 0.298. The van der Waals surface area contributed by atoms with E-state index in [4.69, 9.17) is 12.2 Å². The van der Waals surface area contributed by atoms with Gasteiger partial charge in [-0.25, -0.2) is 5.43 Å². The number of carbonyl (C=O) groups is 3. The third-order valence-corrected chi connectivity index (χ3v) is 7.23. The van der Waals surface area contributed by atoms with Gasteiger partial charge in [0.2, 0.25) is 0 Å². The number of hydrogen-bond donors (Lipinski definition) is 1. The van der Waals surface area contributed by atoms with E-state index in [1.807, 2.05) is 60.7 Å². The molecular weight excluding hydrogens is 501 g/mol. The molecule has 2 saturated heterocycles. The molecule has 0 saturated carbocycles. The second-order valence-electron chi connectivity index (χ2n) is 7.33. The van der Waals surface area contributed by atoms with Crippen LogP contribution in [0.2, 0.25) is 0 Å². The minimum absolute atomic E-state index is 0.227. The topological polar surface area (TPSA) is 82.1 Å². The molecule has 176 valence electrons. The number of nitrogens with one attached hydrogen (secondary N) is 1. The highest BCUT2D eigenvalue weighted by Gasteiger charge is 2.35. The van der Waals surface area contributed by atoms with Crippen LogP contribution in [0.4, 0.5) is 0 Å². The lowest BCUT2D eigenvalue weighted by atomic mass is 10.2. The zero-order valence-electron chi connectivity index (χ0n) is 18.4. The Morgan fingerprint density at radius 1 is 0.914 bits per heavy atom. The highest BCUT2D eigenvalue weighted by atomic mass is 32.2. The normalized spacial score (nSPS) is 19.3. The molecule has 0 radical (unpaired) electrons. The van der Waals surface area contributed by atoms with Crippen molar-refractivity contribution in [1.29, 1.82) is 0 Å². The third-order valence-electron chi connectivity index (χ3n) is 4.85. The van der Waals surface area contributed by atoms with Crippen LogP contribution in [0.3, 0.4) is 0 Å². The molecule has 2 aromatic rings. The van der Waals surface area contributed by atoms with Crippen LogP contribution >= 0.6 is 35.7 Å². The molecule has 4 rings (SSSR count). The maximum atomic E-state index is 12.8. The van der Waals surface area contributed by atoms with Gasteiger partial charge in [0.1, 0.15) is 10.9 Å². The van der Waals surface area contributed by atoms with Crippen molar-refractivity contribution < 1.29 is 14.4 Å². The number of thiocarbonyl (C=S) groups is 1. The molecule has 0 atom stereocenters. The number of rotatable bonds is 7. The van der Waals surface area contributed by atoms with E-state index in [1.165, 1.54) is 9.80 Å². The molecule has 0 aliphatic carbocycles. The molecule has 10 heteroatoms. The van der Waals surface area contributed by atoms with Gasteiger partial charge in [-0.2, -0.15) is 0 Å². The highest BCUT2D eigenvalue weighted by Crippen LogP contribution is 2.33. The molecule has 0 aromatic heterocycles. The molecule has 2 aliphatic rings. The molecule has 35 heavy (non-hydrogen) atoms. The summed E-state index contributed by atoms with van der Waals surface area (Å²) in [6.07, 6.45) is 5.10. The Morgan fingerprint density at radius 3 is 2.03 bits per heavy atom. The van der Waals surface area contributed by atoms with Crippen molar-refractivity contribution in [2.75, 3.05) is 13.1 Å². The van der Waals surface area contributed by atoms with Gasteiger partial charge >= 0.3 is 0 Å². The summed E-state index contributed by atoms with van der Waals surface area (Å²) in [5.74, 6) is -1.09. The predicted octanol–water partition coefficient (Wildman–Crippen LogP) is 4.08. The molecule has 2 aromatic carbocycles. The fraction of sp³-hybridized carbons (Fsp3) is 0.0800. The van der Waals surface area contributed by atoms with Crippen LogP contribution in [0.15, 0.2) is 88.2 Å². The van der Waals surface area contributed by atoms with Crippen LogP contribution in [0, 0.1) is 0 Å². The third kappa shape index (κ3) is 5.97. The van der Waals surface area contributed by atoms with Gasteiger partial charge in [-0.05, 0) is 35.0 Å². The molecule has 3 amide bonds. The van der Waals surface area contributed by atoms with E-state index in [2.05, 4.69) is 17.1 Å². The Kier molecular flexibility index (Phi) is 7.96. The molecule has 0 spiro atoms. The van der Waals surface area contributed by atoms with E-state index in [0.29, 0.717) is 19.3 Å². The van der Waals surface area contributed by atoms with Crippen molar-refractivity contribution in [3.05, 3.63) is 94.3 Å². The minimum Gasteiger partial charge on any atom is -0.283 e. The number of nitrogens with zero attached hydrogens (tertiary/aromatic N) is 3. The minimum atomic E-state index is -0.526. The van der Waals surface area contributed by atoms with Crippen LogP contribution in [0.1, 0.15) is 11.1 Å². The van der Waals surface area contributed by atoms with Crippen molar-refractivity contribution in [2.24, 2.45) is 5.10 Å². The molecule has 0 unspecified atom stereocenters. The fourth-order valence-corrected chi connectivity index (χ4v) is 5.41. The first-order valence-electron chi connectivity index (χ1n) is 10.5. The van der Waals surface area contributed by atoms with Crippen LogP contribution in [0.5, 0.6) is 0 Å². The molecule has 2 fully saturated rings. The van der Waals surface area contributed by atoms with E-state index < -0.39 is 5.91 Å². The summed E-state index contributed by atoms with van der Waals surface area (Å²) in [6.45, 7) is 3.65. The van der Waals surface area contributed by atoms with Crippen molar-refractivity contribution in [3.63, 3.8) is 0 Å². The Hall–Kier alpha value is -3.47. The number of amidine groups is 1. The van der Waals surface area contributed by atoms with Crippen LogP contribution < -0.4 is 5.43 Å². The maximum Gasteiger partial charge on any atom is 0.267 e. The van der Waals surface area contributed by atoms with Crippen molar-refractivity contribution >= 4 is 75.1 Å². The maximum absolute atomic E-state index is 12.8. The smallest absolute Gasteiger partial charge is 0.267 e. The standard InChI is InChI=1S/C25H20N4O3S3/c1-2-13-28-22(31)19(14-17-9-5-3-6-10-17)34-24(28)27-26-21(30)16-29-23(32)20(35-25(29)33)15-18-11-7-4-8-12-18/h2-12,14-15H,1,13,16H2,(H,26,30)/b19-14+,20-15-,27-24+. The molecular formula is C25H20N4O3S3. The summed E-state index contributed by atoms with van der Waals surface area (Å²) in [5, 5.41) is 4.46. The Bertz CT molecular complexity index is 1270.